The molecule has 0 radical (unpaired) electrons. The van der Waals surface area contributed by atoms with Gasteiger partial charge in [0.1, 0.15) is 5.75 Å². The monoisotopic (exact) mass is 470 g/mol. The van der Waals surface area contributed by atoms with Crippen molar-refractivity contribution < 1.29 is 14.3 Å². The Bertz CT molecular complexity index is 1080. The van der Waals surface area contributed by atoms with Crippen molar-refractivity contribution in [1.82, 2.24) is 0 Å². The largest absolute Gasteiger partial charge is 0.494 e. The van der Waals surface area contributed by atoms with Crippen molar-refractivity contribution in [2.45, 2.75) is 52.9 Å². The van der Waals surface area contributed by atoms with Gasteiger partial charge in [-0.3, -0.25) is 0 Å². The average molecular weight is 471 g/mol. The normalized spacial score (nSPS) is 11.6. The van der Waals surface area contributed by atoms with Gasteiger partial charge < -0.3 is 9.47 Å². The Hall–Kier alpha value is -3.33. The van der Waals surface area contributed by atoms with Crippen LogP contribution in [-0.2, 0) is 4.74 Å². The van der Waals surface area contributed by atoms with E-state index in [2.05, 4.69) is 57.7 Å². The lowest BCUT2D eigenvalue weighted by molar-refractivity contribution is 0.0447. The van der Waals surface area contributed by atoms with E-state index in [1.54, 1.807) is 0 Å². The molecule has 3 rings (SSSR count). The van der Waals surface area contributed by atoms with Crippen LogP contribution in [0.4, 0.5) is 0 Å². The summed E-state index contributed by atoms with van der Waals surface area (Å²) < 4.78 is 11.3. The zero-order chi connectivity index (χ0) is 25.0. The highest BCUT2D eigenvalue weighted by molar-refractivity contribution is 5.90. The summed E-state index contributed by atoms with van der Waals surface area (Å²) in [6.45, 7) is 11.6. The predicted molar refractivity (Wildman–Crippen MR) is 147 cm³/mol. The molecule has 0 saturated carbocycles. The summed E-state index contributed by atoms with van der Waals surface area (Å²) in [4.78, 5) is 12.3. The van der Waals surface area contributed by atoms with E-state index in [0.29, 0.717) is 18.1 Å². The number of rotatable bonds is 13. The molecule has 3 nitrogen and oxygen atoms in total. The number of carbonyl (C=O) groups is 1. The summed E-state index contributed by atoms with van der Waals surface area (Å²) in [5, 5.41) is 0. The second-order valence-electron chi connectivity index (χ2n) is 9.13. The number of benzene rings is 3. The Labute approximate surface area is 210 Å². The SMILES string of the molecule is C=Cc1cc(-c2ccc(C(=O)OC[C@@H](C)CC)cc2)ccc1-c1ccc(OCCCCCC)cc1. The van der Waals surface area contributed by atoms with Crippen LogP contribution in [0.2, 0.25) is 0 Å². The third-order valence-electron chi connectivity index (χ3n) is 6.35. The molecule has 0 aliphatic rings. The van der Waals surface area contributed by atoms with Crippen LogP contribution in [0, 0.1) is 5.92 Å². The first kappa shape index (κ1) is 26.3. The molecular weight excluding hydrogens is 432 g/mol. The van der Waals surface area contributed by atoms with Crippen molar-refractivity contribution in [1.29, 1.82) is 0 Å². The minimum atomic E-state index is -0.271. The maximum absolute atomic E-state index is 12.3. The lowest BCUT2D eigenvalue weighted by atomic mass is 9.94. The van der Waals surface area contributed by atoms with Gasteiger partial charge in [-0.1, -0.05) is 95.5 Å². The Balaban J connectivity index is 1.68. The summed E-state index contributed by atoms with van der Waals surface area (Å²) in [6.07, 6.45) is 7.68. The zero-order valence-corrected chi connectivity index (χ0v) is 21.4. The van der Waals surface area contributed by atoms with Crippen LogP contribution < -0.4 is 4.74 Å². The van der Waals surface area contributed by atoms with Crippen LogP contribution in [0.3, 0.4) is 0 Å². The van der Waals surface area contributed by atoms with Gasteiger partial charge in [0.05, 0.1) is 18.8 Å². The molecule has 1 atom stereocenters. The van der Waals surface area contributed by atoms with E-state index in [4.69, 9.17) is 9.47 Å². The number of carbonyl (C=O) groups excluding carboxylic acids is 1. The second-order valence-corrected chi connectivity index (χ2v) is 9.13. The highest BCUT2D eigenvalue weighted by Crippen LogP contribution is 2.31. The Morgan fingerprint density at radius 1 is 0.886 bits per heavy atom. The van der Waals surface area contributed by atoms with E-state index in [1.807, 2.05) is 42.5 Å². The van der Waals surface area contributed by atoms with Crippen LogP contribution in [0.1, 0.15) is 68.8 Å². The fourth-order valence-electron chi connectivity index (χ4n) is 3.84. The molecule has 184 valence electrons. The summed E-state index contributed by atoms with van der Waals surface area (Å²) >= 11 is 0. The van der Waals surface area contributed by atoms with Crippen molar-refractivity contribution >= 4 is 12.0 Å². The molecule has 0 bridgehead atoms. The van der Waals surface area contributed by atoms with Gasteiger partial charge in [0, 0.05) is 0 Å². The molecule has 0 saturated heterocycles. The van der Waals surface area contributed by atoms with Crippen molar-refractivity contribution in [3.8, 4) is 28.0 Å². The van der Waals surface area contributed by atoms with Gasteiger partial charge in [-0.05, 0) is 70.5 Å². The van der Waals surface area contributed by atoms with Crippen LogP contribution in [-0.4, -0.2) is 19.2 Å². The van der Waals surface area contributed by atoms with Gasteiger partial charge in [-0.25, -0.2) is 4.79 Å². The highest BCUT2D eigenvalue weighted by Gasteiger charge is 2.11. The van der Waals surface area contributed by atoms with Gasteiger partial charge in [0.25, 0.3) is 0 Å². The number of unbranched alkanes of at least 4 members (excludes halogenated alkanes) is 3. The van der Waals surface area contributed by atoms with Crippen molar-refractivity contribution in [2.75, 3.05) is 13.2 Å². The number of hydrogen-bond donors (Lipinski definition) is 0. The zero-order valence-electron chi connectivity index (χ0n) is 21.4. The number of ether oxygens (including phenoxy) is 2. The van der Waals surface area contributed by atoms with Gasteiger partial charge in [-0.2, -0.15) is 0 Å². The Morgan fingerprint density at radius 2 is 1.57 bits per heavy atom. The molecule has 0 amide bonds. The fraction of sp³-hybridized carbons (Fsp3) is 0.344. The predicted octanol–water partition coefficient (Wildman–Crippen LogP) is 8.83. The average Bonchev–Trinajstić information content (AvgIpc) is 2.91. The van der Waals surface area contributed by atoms with Gasteiger partial charge in [-0.15, -0.1) is 0 Å². The first-order valence-corrected chi connectivity index (χ1v) is 12.8. The molecule has 0 heterocycles. The van der Waals surface area contributed by atoms with Crippen molar-refractivity contribution in [3.63, 3.8) is 0 Å². The van der Waals surface area contributed by atoms with E-state index < -0.39 is 0 Å². The summed E-state index contributed by atoms with van der Waals surface area (Å²) in [5.74, 6) is 1.01. The fourth-order valence-corrected chi connectivity index (χ4v) is 3.84. The number of hydrogen-bond acceptors (Lipinski definition) is 3. The molecule has 3 aromatic rings. The molecule has 0 aliphatic carbocycles. The lowest BCUT2D eigenvalue weighted by Gasteiger charge is -2.12. The first-order valence-electron chi connectivity index (χ1n) is 12.8. The van der Waals surface area contributed by atoms with Crippen LogP contribution in [0.25, 0.3) is 28.3 Å². The molecule has 0 N–H and O–H groups in total. The van der Waals surface area contributed by atoms with Crippen LogP contribution in [0.15, 0.2) is 73.3 Å². The first-order chi connectivity index (χ1) is 17.0. The quantitative estimate of drug-likeness (QED) is 0.185. The molecule has 0 fully saturated rings. The van der Waals surface area contributed by atoms with E-state index in [1.165, 1.54) is 19.3 Å². The summed E-state index contributed by atoms with van der Waals surface area (Å²) in [7, 11) is 0. The summed E-state index contributed by atoms with van der Waals surface area (Å²) in [5.41, 5.74) is 6.02. The smallest absolute Gasteiger partial charge is 0.338 e. The maximum Gasteiger partial charge on any atom is 0.338 e. The van der Waals surface area contributed by atoms with Gasteiger partial charge in [0.2, 0.25) is 0 Å². The van der Waals surface area contributed by atoms with E-state index in [-0.39, 0.29) is 5.97 Å². The molecule has 0 aliphatic heterocycles. The van der Waals surface area contributed by atoms with E-state index in [0.717, 1.165) is 53.0 Å². The molecule has 35 heavy (non-hydrogen) atoms. The maximum atomic E-state index is 12.3. The third kappa shape index (κ3) is 7.58. The van der Waals surface area contributed by atoms with Crippen LogP contribution >= 0.6 is 0 Å². The van der Waals surface area contributed by atoms with Crippen LogP contribution in [0.5, 0.6) is 5.75 Å². The lowest BCUT2D eigenvalue weighted by Crippen LogP contribution is -2.11. The Kier molecular flexibility index (Phi) is 10.2. The third-order valence-corrected chi connectivity index (χ3v) is 6.35. The van der Waals surface area contributed by atoms with Gasteiger partial charge >= 0.3 is 5.97 Å². The molecule has 0 spiro atoms. The van der Waals surface area contributed by atoms with E-state index in [9.17, 15) is 4.79 Å². The van der Waals surface area contributed by atoms with Gasteiger partial charge in [0.15, 0.2) is 0 Å². The molecule has 3 heteroatoms. The minimum absolute atomic E-state index is 0.271. The van der Waals surface area contributed by atoms with E-state index >= 15 is 0 Å². The molecule has 3 aromatic carbocycles. The minimum Gasteiger partial charge on any atom is -0.494 e. The molecule has 0 aromatic heterocycles. The Morgan fingerprint density at radius 3 is 2.23 bits per heavy atom. The molecular formula is C32H38O3. The van der Waals surface area contributed by atoms with Crippen molar-refractivity contribution in [3.05, 3.63) is 84.4 Å². The topological polar surface area (TPSA) is 35.5 Å². The van der Waals surface area contributed by atoms with Crippen molar-refractivity contribution in [2.24, 2.45) is 5.92 Å². The standard InChI is InChI=1S/C32H38O3/c1-5-8-9-10-21-34-30-18-15-27(16-19-30)31-20-17-29(22-25(31)7-3)26-11-13-28(14-12-26)32(33)35-23-24(4)6-2/h7,11-20,22,24H,3,5-6,8-10,21,23H2,1-2,4H3/t24-/m0/s1. The summed E-state index contributed by atoms with van der Waals surface area (Å²) in [6, 6.07) is 22.2. The molecule has 0 unspecified atom stereocenters. The second kappa shape index (κ2) is 13.5. The number of esters is 1. The highest BCUT2D eigenvalue weighted by atomic mass is 16.5.